The maximum Gasteiger partial charge on any atom is 0.416 e. The maximum atomic E-state index is 12.6. The number of nitrogens with one attached hydrogen (secondary N) is 1. The molecular weight excluding hydrogens is 245 g/mol. The smallest absolute Gasteiger partial charge is 0.369 e. The highest BCUT2D eigenvalue weighted by atomic mass is 19.4. The zero-order chi connectivity index (χ0) is 12.9. The SMILES string of the molecule is Nc1ncc2c3ccc(C(F)(F)F)cc3nc-2[nH]1. The normalized spacial score (nSPS) is 12.4. The summed E-state index contributed by atoms with van der Waals surface area (Å²) in [6.07, 6.45) is -2.88. The molecule has 4 nitrogen and oxygen atoms in total. The number of nitrogens with two attached hydrogens (primary N) is 1. The summed E-state index contributed by atoms with van der Waals surface area (Å²) in [6, 6.07) is 3.43. The Balaban J connectivity index is 2.30. The highest BCUT2D eigenvalue weighted by Crippen LogP contribution is 2.35. The van der Waals surface area contributed by atoms with E-state index in [1.54, 1.807) is 0 Å². The van der Waals surface area contributed by atoms with E-state index in [4.69, 9.17) is 5.73 Å². The molecule has 1 aromatic carbocycles. The zero-order valence-electron chi connectivity index (χ0n) is 8.92. The Hall–Kier alpha value is -2.31. The van der Waals surface area contributed by atoms with Crippen LogP contribution in [-0.4, -0.2) is 15.0 Å². The van der Waals surface area contributed by atoms with Gasteiger partial charge in [-0.2, -0.15) is 13.2 Å². The van der Waals surface area contributed by atoms with Crippen LogP contribution in [0.5, 0.6) is 0 Å². The Labute approximate surface area is 99.0 Å². The largest absolute Gasteiger partial charge is 0.416 e. The first-order valence-corrected chi connectivity index (χ1v) is 5.06. The minimum absolute atomic E-state index is 0.168. The van der Waals surface area contributed by atoms with E-state index in [1.165, 1.54) is 12.3 Å². The zero-order valence-corrected chi connectivity index (χ0v) is 8.92. The number of halogens is 3. The van der Waals surface area contributed by atoms with Crippen molar-refractivity contribution in [1.29, 1.82) is 0 Å². The van der Waals surface area contributed by atoms with Crippen molar-refractivity contribution in [2.24, 2.45) is 0 Å². The molecule has 0 aliphatic carbocycles. The number of hydrogen-bond acceptors (Lipinski definition) is 3. The second-order valence-electron chi connectivity index (χ2n) is 3.87. The second kappa shape index (κ2) is 3.34. The van der Waals surface area contributed by atoms with Gasteiger partial charge in [0.2, 0.25) is 0 Å². The van der Waals surface area contributed by atoms with Crippen molar-refractivity contribution < 1.29 is 13.2 Å². The van der Waals surface area contributed by atoms with Crippen molar-refractivity contribution in [2.45, 2.75) is 6.18 Å². The van der Waals surface area contributed by atoms with Crippen LogP contribution in [0.4, 0.5) is 19.1 Å². The molecule has 2 heterocycles. The highest BCUT2D eigenvalue weighted by molar-refractivity contribution is 5.96. The van der Waals surface area contributed by atoms with Gasteiger partial charge in [0.15, 0.2) is 5.95 Å². The summed E-state index contributed by atoms with van der Waals surface area (Å²) in [5.74, 6) is 0.596. The van der Waals surface area contributed by atoms with Crippen LogP contribution < -0.4 is 5.73 Å². The van der Waals surface area contributed by atoms with Crippen LogP contribution in [-0.2, 0) is 6.18 Å². The van der Waals surface area contributed by atoms with Crippen molar-refractivity contribution in [2.75, 3.05) is 5.73 Å². The molecule has 0 amide bonds. The van der Waals surface area contributed by atoms with Gasteiger partial charge in [0.05, 0.1) is 11.1 Å². The Morgan fingerprint density at radius 1 is 1.22 bits per heavy atom. The lowest BCUT2D eigenvalue weighted by Gasteiger charge is -2.05. The molecule has 0 bridgehead atoms. The number of aromatic amines is 1. The summed E-state index contributed by atoms with van der Waals surface area (Å²) in [6.45, 7) is 0. The fourth-order valence-corrected chi connectivity index (χ4v) is 1.85. The highest BCUT2D eigenvalue weighted by Gasteiger charge is 2.31. The molecule has 0 fully saturated rings. The molecule has 0 spiro atoms. The summed E-state index contributed by atoms with van der Waals surface area (Å²) in [7, 11) is 0. The van der Waals surface area contributed by atoms with Gasteiger partial charge in [-0.1, -0.05) is 6.07 Å². The first kappa shape index (κ1) is 10.8. The number of H-pyrrole nitrogens is 1. The standard InChI is InChI=1S/C11H7F3N4/c12-11(13,14)5-1-2-6-7-4-16-10(15)18-9(7)17-8(6)3-5/h1-4H,(H3,15,16,17,18). The Kier molecular flexibility index (Phi) is 2.01. The number of benzene rings is 1. The molecule has 92 valence electrons. The number of fused-ring (bicyclic) bond motifs is 3. The number of aromatic nitrogens is 3. The molecule has 18 heavy (non-hydrogen) atoms. The fourth-order valence-electron chi connectivity index (χ4n) is 1.85. The predicted octanol–water partition coefficient (Wildman–Crippen LogP) is 2.66. The molecule has 2 aliphatic heterocycles. The van der Waals surface area contributed by atoms with Crippen molar-refractivity contribution in [1.82, 2.24) is 15.0 Å². The molecule has 3 rings (SSSR count). The Bertz CT molecular complexity index is 701. The van der Waals surface area contributed by atoms with Crippen LogP contribution in [0, 0.1) is 0 Å². The van der Waals surface area contributed by atoms with E-state index in [2.05, 4.69) is 15.0 Å². The van der Waals surface area contributed by atoms with Gasteiger partial charge in [0.25, 0.3) is 0 Å². The molecule has 0 unspecified atom stereocenters. The van der Waals surface area contributed by atoms with E-state index in [0.29, 0.717) is 16.8 Å². The van der Waals surface area contributed by atoms with E-state index < -0.39 is 11.7 Å². The molecule has 7 heteroatoms. The van der Waals surface area contributed by atoms with Crippen LogP contribution in [0.3, 0.4) is 0 Å². The van der Waals surface area contributed by atoms with Gasteiger partial charge >= 0.3 is 6.18 Å². The molecule has 3 N–H and O–H groups in total. The fraction of sp³-hybridized carbons (Fsp3) is 0.0909. The molecule has 0 saturated heterocycles. The molecule has 1 aromatic rings. The predicted molar refractivity (Wildman–Crippen MR) is 59.9 cm³/mol. The van der Waals surface area contributed by atoms with Gasteiger partial charge < -0.3 is 10.7 Å². The Morgan fingerprint density at radius 3 is 2.72 bits per heavy atom. The monoisotopic (exact) mass is 252 g/mol. The Morgan fingerprint density at radius 2 is 2.00 bits per heavy atom. The maximum absolute atomic E-state index is 12.6. The molecule has 0 saturated carbocycles. The third-order valence-corrected chi connectivity index (χ3v) is 2.68. The van der Waals surface area contributed by atoms with Crippen LogP contribution in [0.25, 0.3) is 22.3 Å². The lowest BCUT2D eigenvalue weighted by Crippen LogP contribution is -2.03. The molecule has 0 radical (unpaired) electrons. The summed E-state index contributed by atoms with van der Waals surface area (Å²) < 4.78 is 37.7. The average Bonchev–Trinajstić information content (AvgIpc) is 2.63. The van der Waals surface area contributed by atoms with Gasteiger partial charge in [0, 0.05) is 17.1 Å². The van der Waals surface area contributed by atoms with E-state index >= 15 is 0 Å². The van der Waals surface area contributed by atoms with Crippen LogP contribution in [0.2, 0.25) is 0 Å². The minimum Gasteiger partial charge on any atom is -0.369 e. The third-order valence-electron chi connectivity index (χ3n) is 2.68. The summed E-state index contributed by atoms with van der Waals surface area (Å²) in [4.78, 5) is 10.6. The molecule has 0 atom stereocenters. The second-order valence-corrected chi connectivity index (χ2v) is 3.87. The summed E-state index contributed by atoms with van der Waals surface area (Å²) in [5.41, 5.74) is 5.65. The molecular formula is C11H7F3N4. The number of anilines is 1. The quantitative estimate of drug-likeness (QED) is 0.646. The van der Waals surface area contributed by atoms with Crippen LogP contribution >= 0.6 is 0 Å². The number of alkyl halides is 3. The van der Waals surface area contributed by atoms with E-state index in [9.17, 15) is 13.2 Å². The molecule has 0 aromatic heterocycles. The van der Waals surface area contributed by atoms with Crippen LogP contribution in [0.15, 0.2) is 24.4 Å². The topological polar surface area (TPSA) is 67.6 Å². The van der Waals surface area contributed by atoms with Gasteiger partial charge in [-0.15, -0.1) is 0 Å². The van der Waals surface area contributed by atoms with Crippen LogP contribution in [0.1, 0.15) is 5.56 Å². The number of hydrogen-bond donors (Lipinski definition) is 2. The third kappa shape index (κ3) is 1.55. The summed E-state index contributed by atoms with van der Waals surface area (Å²) in [5, 5.41) is 0.613. The lowest BCUT2D eigenvalue weighted by molar-refractivity contribution is -0.137. The lowest BCUT2D eigenvalue weighted by atomic mass is 10.1. The van der Waals surface area contributed by atoms with Crippen molar-refractivity contribution in [3.05, 3.63) is 30.0 Å². The van der Waals surface area contributed by atoms with E-state index in [1.807, 2.05) is 0 Å². The first-order chi connectivity index (χ1) is 8.45. The van der Waals surface area contributed by atoms with E-state index in [-0.39, 0.29) is 11.5 Å². The summed E-state index contributed by atoms with van der Waals surface area (Å²) >= 11 is 0. The van der Waals surface area contributed by atoms with Gasteiger partial charge in [-0.3, -0.25) is 0 Å². The van der Waals surface area contributed by atoms with Gasteiger partial charge in [-0.05, 0) is 12.1 Å². The number of nitrogen functional groups attached to an aromatic ring is 1. The van der Waals surface area contributed by atoms with Gasteiger partial charge in [-0.25, -0.2) is 9.97 Å². The average molecular weight is 252 g/mol. The first-order valence-electron chi connectivity index (χ1n) is 5.06. The van der Waals surface area contributed by atoms with E-state index in [0.717, 1.165) is 12.1 Å². The van der Waals surface area contributed by atoms with Crippen molar-refractivity contribution in [3.8, 4) is 11.4 Å². The van der Waals surface area contributed by atoms with Crippen molar-refractivity contribution >= 4 is 16.9 Å². The van der Waals surface area contributed by atoms with Crippen molar-refractivity contribution in [3.63, 3.8) is 0 Å². The van der Waals surface area contributed by atoms with Gasteiger partial charge in [0.1, 0.15) is 5.82 Å². The number of nitrogens with zero attached hydrogens (tertiary/aromatic N) is 2. The molecule has 2 aliphatic rings. The number of rotatable bonds is 0. The minimum atomic E-state index is -4.37.